The van der Waals surface area contributed by atoms with Crippen LogP contribution in [0.15, 0.2) is 48.5 Å². The summed E-state index contributed by atoms with van der Waals surface area (Å²) < 4.78 is 5.05. The van der Waals surface area contributed by atoms with E-state index < -0.39 is 0 Å². The number of ketones is 1. The van der Waals surface area contributed by atoms with E-state index in [-0.39, 0.29) is 18.2 Å². The maximum atomic E-state index is 12.1. The number of benzene rings is 2. The van der Waals surface area contributed by atoms with E-state index in [0.717, 1.165) is 0 Å². The van der Waals surface area contributed by atoms with Gasteiger partial charge in [-0.25, -0.2) is 0 Å². The van der Waals surface area contributed by atoms with E-state index in [0.29, 0.717) is 22.6 Å². The summed E-state index contributed by atoms with van der Waals surface area (Å²) in [7, 11) is 1.55. The molecule has 0 aromatic heterocycles. The zero-order chi connectivity index (χ0) is 12.3. The number of halogens is 1. The average molecular weight is 264 g/mol. The molecule has 0 saturated heterocycles. The largest absolute Gasteiger partial charge is 0.495 e. The van der Waals surface area contributed by atoms with E-state index in [1.807, 2.05) is 18.2 Å². The second kappa shape index (κ2) is 6.07. The van der Waals surface area contributed by atoms with Crippen LogP contribution in [0.25, 0.3) is 0 Å². The van der Waals surface area contributed by atoms with Crippen LogP contribution in [0, 0.1) is 0 Å². The molecule has 0 spiro atoms. The lowest BCUT2D eigenvalue weighted by molar-refractivity contribution is 0.103. The van der Waals surface area contributed by atoms with Crippen molar-refractivity contribution in [2.45, 2.75) is 0 Å². The third kappa shape index (κ3) is 2.81. The predicted octanol–water partition coefficient (Wildman–Crippen LogP) is 2.93. The smallest absolute Gasteiger partial charge is 0.193 e. The number of rotatable bonds is 3. The molecule has 0 amide bonds. The minimum Gasteiger partial charge on any atom is -0.495 e. The summed E-state index contributed by atoms with van der Waals surface area (Å²) in [6.07, 6.45) is 0. The van der Waals surface area contributed by atoms with Gasteiger partial charge in [0.2, 0.25) is 0 Å². The van der Waals surface area contributed by atoms with Gasteiger partial charge in [-0.3, -0.25) is 4.79 Å². The maximum Gasteiger partial charge on any atom is 0.193 e. The molecule has 2 aromatic carbocycles. The summed E-state index contributed by atoms with van der Waals surface area (Å²) in [5.41, 5.74) is 7.45. The Morgan fingerprint density at radius 2 is 1.72 bits per heavy atom. The van der Waals surface area contributed by atoms with Crippen molar-refractivity contribution in [2.75, 3.05) is 12.8 Å². The molecule has 0 atom stereocenters. The summed E-state index contributed by atoms with van der Waals surface area (Å²) in [5.74, 6) is 0.537. The first kappa shape index (κ1) is 14.1. The number of nitrogens with two attached hydrogens (primary N) is 1. The molecule has 18 heavy (non-hydrogen) atoms. The van der Waals surface area contributed by atoms with E-state index in [2.05, 4.69) is 0 Å². The minimum atomic E-state index is -0.0417. The Balaban J connectivity index is 0.00000162. The third-order valence-electron chi connectivity index (χ3n) is 2.53. The Morgan fingerprint density at radius 1 is 1.06 bits per heavy atom. The van der Waals surface area contributed by atoms with Crippen LogP contribution in [0.5, 0.6) is 5.75 Å². The predicted molar refractivity (Wildman–Crippen MR) is 74.5 cm³/mol. The van der Waals surface area contributed by atoms with Crippen molar-refractivity contribution >= 4 is 23.9 Å². The molecule has 4 heteroatoms. The summed E-state index contributed by atoms with van der Waals surface area (Å²) in [6, 6.07) is 14.1. The number of methoxy groups -OCH3 is 1. The van der Waals surface area contributed by atoms with Gasteiger partial charge in [0.15, 0.2) is 5.78 Å². The van der Waals surface area contributed by atoms with Gasteiger partial charge in [0.25, 0.3) is 0 Å². The standard InChI is InChI=1S/C14H13NO2.ClH/c1-17-13-8-7-11(9-12(13)15)14(16)10-5-3-2-4-6-10;/h2-9H,15H2,1H3;1H. The summed E-state index contributed by atoms with van der Waals surface area (Å²) in [5, 5.41) is 0. The molecule has 0 fully saturated rings. The van der Waals surface area contributed by atoms with E-state index in [9.17, 15) is 4.79 Å². The molecular weight excluding hydrogens is 250 g/mol. The Labute approximate surface area is 112 Å². The van der Waals surface area contributed by atoms with Crippen LogP contribution in [0.1, 0.15) is 15.9 Å². The highest BCUT2D eigenvalue weighted by atomic mass is 35.5. The highest BCUT2D eigenvalue weighted by Crippen LogP contribution is 2.23. The first-order valence-corrected chi connectivity index (χ1v) is 5.25. The van der Waals surface area contributed by atoms with Gasteiger partial charge in [-0.05, 0) is 18.2 Å². The number of hydrogen-bond acceptors (Lipinski definition) is 3. The Bertz CT molecular complexity index is 541. The number of nitrogen functional groups attached to an aromatic ring is 1. The molecule has 0 unspecified atom stereocenters. The fourth-order valence-corrected chi connectivity index (χ4v) is 1.63. The molecule has 3 nitrogen and oxygen atoms in total. The quantitative estimate of drug-likeness (QED) is 0.684. The molecule has 0 aliphatic rings. The Kier molecular flexibility index (Phi) is 4.75. The number of anilines is 1. The van der Waals surface area contributed by atoms with Gasteiger partial charge in [0.1, 0.15) is 5.75 Å². The summed E-state index contributed by atoms with van der Waals surface area (Å²) in [6.45, 7) is 0. The fraction of sp³-hybridized carbons (Fsp3) is 0.0714. The SMILES string of the molecule is COc1ccc(C(=O)c2ccccc2)cc1N.Cl. The van der Waals surface area contributed by atoms with Crippen LogP contribution >= 0.6 is 12.4 Å². The van der Waals surface area contributed by atoms with Crippen molar-refractivity contribution in [1.82, 2.24) is 0 Å². The van der Waals surface area contributed by atoms with E-state index in [1.54, 1.807) is 37.4 Å². The minimum absolute atomic E-state index is 0. The van der Waals surface area contributed by atoms with Crippen LogP contribution in [-0.4, -0.2) is 12.9 Å². The van der Waals surface area contributed by atoms with Gasteiger partial charge in [0, 0.05) is 11.1 Å². The lowest BCUT2D eigenvalue weighted by Crippen LogP contribution is -2.02. The van der Waals surface area contributed by atoms with E-state index in [1.165, 1.54) is 0 Å². The highest BCUT2D eigenvalue weighted by Gasteiger charge is 2.10. The molecule has 0 heterocycles. The van der Waals surface area contributed by atoms with Crippen LogP contribution in [0.4, 0.5) is 5.69 Å². The van der Waals surface area contributed by atoms with Crippen LogP contribution in [-0.2, 0) is 0 Å². The van der Waals surface area contributed by atoms with Gasteiger partial charge in [-0.15, -0.1) is 12.4 Å². The molecule has 2 aromatic rings. The van der Waals surface area contributed by atoms with Crippen molar-refractivity contribution in [3.8, 4) is 5.75 Å². The molecule has 0 radical (unpaired) electrons. The number of carbonyl (C=O) groups excluding carboxylic acids is 1. The number of carbonyl (C=O) groups is 1. The van der Waals surface area contributed by atoms with Gasteiger partial charge < -0.3 is 10.5 Å². The first-order valence-electron chi connectivity index (χ1n) is 5.25. The van der Waals surface area contributed by atoms with Gasteiger partial charge in [-0.2, -0.15) is 0 Å². The first-order chi connectivity index (χ1) is 8.22. The molecule has 0 saturated carbocycles. The number of hydrogen-bond donors (Lipinski definition) is 1. The lowest BCUT2D eigenvalue weighted by Gasteiger charge is -2.06. The van der Waals surface area contributed by atoms with Crippen molar-refractivity contribution in [2.24, 2.45) is 0 Å². The second-order valence-electron chi connectivity index (χ2n) is 3.65. The zero-order valence-electron chi connectivity index (χ0n) is 9.92. The lowest BCUT2D eigenvalue weighted by atomic mass is 10.0. The average Bonchev–Trinajstić information content (AvgIpc) is 2.39. The van der Waals surface area contributed by atoms with Crippen LogP contribution in [0.3, 0.4) is 0 Å². The van der Waals surface area contributed by atoms with Crippen molar-refractivity contribution in [3.63, 3.8) is 0 Å². The van der Waals surface area contributed by atoms with E-state index >= 15 is 0 Å². The normalized spacial score (nSPS) is 9.39. The molecule has 2 rings (SSSR count). The fourth-order valence-electron chi connectivity index (χ4n) is 1.63. The second-order valence-corrected chi connectivity index (χ2v) is 3.65. The zero-order valence-corrected chi connectivity index (χ0v) is 10.7. The van der Waals surface area contributed by atoms with Gasteiger partial charge >= 0.3 is 0 Å². The molecule has 0 bridgehead atoms. The monoisotopic (exact) mass is 263 g/mol. The van der Waals surface area contributed by atoms with Gasteiger partial charge in [-0.1, -0.05) is 30.3 Å². The molecule has 0 aliphatic heterocycles. The van der Waals surface area contributed by atoms with Crippen molar-refractivity contribution in [1.29, 1.82) is 0 Å². The number of ether oxygens (including phenoxy) is 1. The van der Waals surface area contributed by atoms with Crippen molar-refractivity contribution in [3.05, 3.63) is 59.7 Å². The summed E-state index contributed by atoms with van der Waals surface area (Å²) in [4.78, 5) is 12.1. The van der Waals surface area contributed by atoms with Crippen LogP contribution in [0.2, 0.25) is 0 Å². The molecule has 2 N–H and O–H groups in total. The third-order valence-corrected chi connectivity index (χ3v) is 2.53. The van der Waals surface area contributed by atoms with Crippen LogP contribution < -0.4 is 10.5 Å². The van der Waals surface area contributed by atoms with Gasteiger partial charge in [0.05, 0.1) is 12.8 Å². The Hall–Kier alpha value is -2.00. The maximum absolute atomic E-state index is 12.1. The molecular formula is C14H14ClNO2. The topological polar surface area (TPSA) is 52.3 Å². The summed E-state index contributed by atoms with van der Waals surface area (Å²) >= 11 is 0. The Morgan fingerprint density at radius 3 is 2.28 bits per heavy atom. The van der Waals surface area contributed by atoms with Crippen molar-refractivity contribution < 1.29 is 9.53 Å². The molecule has 94 valence electrons. The van der Waals surface area contributed by atoms with E-state index in [4.69, 9.17) is 10.5 Å². The molecule has 0 aliphatic carbocycles. The highest BCUT2D eigenvalue weighted by molar-refractivity contribution is 6.09.